The van der Waals surface area contributed by atoms with Crippen molar-refractivity contribution in [2.24, 2.45) is 4.99 Å². The zero-order valence-electron chi connectivity index (χ0n) is 20.0. The van der Waals surface area contributed by atoms with E-state index in [1.54, 1.807) is 62.4 Å². The highest BCUT2D eigenvalue weighted by molar-refractivity contribution is 6.64. The van der Waals surface area contributed by atoms with Crippen molar-refractivity contribution in [1.29, 1.82) is 0 Å². The molecular formula is C27H22Cl3F3N2O2. The molecule has 0 radical (unpaired) electrons. The predicted molar refractivity (Wildman–Crippen MR) is 140 cm³/mol. The van der Waals surface area contributed by atoms with Gasteiger partial charge in [0.2, 0.25) is 0 Å². The number of amidine groups is 1. The molecule has 1 heterocycles. The number of carbonyl (C=O) groups is 1. The number of halogens is 6. The first-order valence-corrected chi connectivity index (χ1v) is 12.4. The number of aliphatic imine (C=N–C) groups is 1. The molecule has 4 nitrogen and oxygen atoms in total. The lowest BCUT2D eigenvalue weighted by Gasteiger charge is -2.44. The number of carbonyl (C=O) groups excluding carboxylic acids is 1. The fourth-order valence-electron chi connectivity index (χ4n) is 4.70. The highest BCUT2D eigenvalue weighted by Gasteiger charge is 2.59. The van der Waals surface area contributed by atoms with E-state index in [0.717, 1.165) is 12.1 Å². The number of nitrogens with zero attached hydrogens (tertiary/aromatic N) is 2. The second-order valence-electron chi connectivity index (χ2n) is 8.82. The number of alkyl halides is 3. The molecule has 0 fully saturated rings. The van der Waals surface area contributed by atoms with Crippen LogP contribution in [0.4, 0.5) is 18.0 Å². The van der Waals surface area contributed by atoms with Gasteiger partial charge in [0.25, 0.3) is 0 Å². The molecule has 0 N–H and O–H groups in total. The van der Waals surface area contributed by atoms with Gasteiger partial charge in [-0.15, -0.1) is 0 Å². The minimum Gasteiger partial charge on any atom is -0.493 e. The van der Waals surface area contributed by atoms with Crippen LogP contribution in [0.5, 0.6) is 5.75 Å². The first-order valence-electron chi connectivity index (χ1n) is 11.3. The van der Waals surface area contributed by atoms with E-state index >= 15 is 0 Å². The summed E-state index contributed by atoms with van der Waals surface area (Å²) in [6.45, 7) is 5.38. The molecule has 0 unspecified atom stereocenters. The SMILES string of the molecule is CCOc1cc(C(F)(F)F)ccc1C1=N[C@@](C)(c2ccc(Cl)cc2)[C@@](C)(c2ccc(Cl)cc2)N1C(=O)Cl. The molecule has 0 bridgehead atoms. The summed E-state index contributed by atoms with van der Waals surface area (Å²) in [5.41, 5.74) is -1.68. The quantitative estimate of drug-likeness (QED) is 0.228. The van der Waals surface area contributed by atoms with Crippen LogP contribution in [0, 0.1) is 0 Å². The van der Waals surface area contributed by atoms with Gasteiger partial charge >= 0.3 is 11.5 Å². The van der Waals surface area contributed by atoms with Crippen molar-refractivity contribution < 1.29 is 22.7 Å². The maximum Gasteiger partial charge on any atom is 0.416 e. The summed E-state index contributed by atoms with van der Waals surface area (Å²) in [7, 11) is 0. The number of rotatable bonds is 5. The molecule has 4 rings (SSSR count). The highest BCUT2D eigenvalue weighted by Crippen LogP contribution is 2.54. The van der Waals surface area contributed by atoms with E-state index in [-0.39, 0.29) is 23.8 Å². The van der Waals surface area contributed by atoms with Crippen LogP contribution in [-0.4, -0.2) is 22.7 Å². The zero-order valence-corrected chi connectivity index (χ0v) is 22.3. The number of amides is 1. The summed E-state index contributed by atoms with van der Waals surface area (Å²) >= 11 is 18.5. The Morgan fingerprint density at radius 1 is 0.946 bits per heavy atom. The summed E-state index contributed by atoms with van der Waals surface area (Å²) in [5.74, 6) is 0.00452. The largest absolute Gasteiger partial charge is 0.493 e. The summed E-state index contributed by atoms with van der Waals surface area (Å²) < 4.78 is 46.0. The Labute approximate surface area is 227 Å². The molecule has 1 amide bonds. The Bertz CT molecular complexity index is 1360. The van der Waals surface area contributed by atoms with E-state index in [1.807, 2.05) is 6.92 Å². The molecule has 0 spiro atoms. The molecular weight excluding hydrogens is 548 g/mol. The third kappa shape index (κ3) is 4.69. The minimum atomic E-state index is -4.58. The highest BCUT2D eigenvalue weighted by atomic mass is 35.5. The van der Waals surface area contributed by atoms with Gasteiger partial charge in [-0.05, 0) is 86.0 Å². The van der Waals surface area contributed by atoms with Gasteiger partial charge in [0.1, 0.15) is 22.7 Å². The number of ether oxygens (including phenoxy) is 1. The van der Waals surface area contributed by atoms with Crippen molar-refractivity contribution in [2.75, 3.05) is 6.61 Å². The maximum atomic E-state index is 13.5. The first-order chi connectivity index (χ1) is 17.3. The molecule has 10 heteroatoms. The Kier molecular flexibility index (Phi) is 7.27. The molecule has 2 atom stereocenters. The van der Waals surface area contributed by atoms with Gasteiger partial charge in [0, 0.05) is 10.0 Å². The standard InChI is InChI=1S/C27H22Cl3F3N2O2/c1-4-37-22-15-18(27(31,32)33)9-14-21(22)23-34-25(2,16-5-10-19(28)11-6-16)26(3,35(23)24(30)36)17-7-12-20(29)13-8-17/h5-15H,4H2,1-3H3/t25-,26+/m0/s1. The van der Waals surface area contributed by atoms with Crippen LogP contribution >= 0.6 is 34.8 Å². The van der Waals surface area contributed by atoms with Crippen LogP contribution < -0.4 is 4.74 Å². The van der Waals surface area contributed by atoms with Crippen LogP contribution in [0.1, 0.15) is 43.0 Å². The Balaban J connectivity index is 2.03. The van der Waals surface area contributed by atoms with E-state index in [2.05, 4.69) is 0 Å². The van der Waals surface area contributed by atoms with E-state index in [9.17, 15) is 18.0 Å². The van der Waals surface area contributed by atoms with Crippen molar-refractivity contribution in [3.05, 3.63) is 99.0 Å². The average molecular weight is 570 g/mol. The van der Waals surface area contributed by atoms with Crippen molar-refractivity contribution in [3.63, 3.8) is 0 Å². The number of hydrogen-bond acceptors (Lipinski definition) is 3. The Morgan fingerprint density at radius 2 is 1.49 bits per heavy atom. The maximum absolute atomic E-state index is 13.5. The molecule has 0 aromatic heterocycles. The van der Waals surface area contributed by atoms with E-state index in [0.29, 0.717) is 21.2 Å². The lowest BCUT2D eigenvalue weighted by atomic mass is 9.71. The molecule has 37 heavy (non-hydrogen) atoms. The second-order valence-corrected chi connectivity index (χ2v) is 10.0. The zero-order chi connectivity index (χ0) is 27.2. The lowest BCUT2D eigenvalue weighted by molar-refractivity contribution is -0.137. The number of hydrogen-bond donors (Lipinski definition) is 0. The molecule has 0 aliphatic carbocycles. The second kappa shape index (κ2) is 9.86. The van der Waals surface area contributed by atoms with Crippen molar-refractivity contribution >= 4 is 46.0 Å². The first kappa shape index (κ1) is 27.3. The van der Waals surface area contributed by atoms with Crippen LogP contribution in [0.25, 0.3) is 0 Å². The molecule has 1 aliphatic heterocycles. The Morgan fingerprint density at radius 3 is 1.97 bits per heavy atom. The van der Waals surface area contributed by atoms with Crippen LogP contribution in [-0.2, 0) is 17.3 Å². The van der Waals surface area contributed by atoms with Gasteiger partial charge in [-0.25, -0.2) is 0 Å². The van der Waals surface area contributed by atoms with Crippen molar-refractivity contribution in [1.82, 2.24) is 4.90 Å². The fraction of sp³-hybridized carbons (Fsp3) is 0.259. The van der Waals surface area contributed by atoms with Crippen molar-refractivity contribution in [3.8, 4) is 5.75 Å². The molecule has 3 aromatic rings. The predicted octanol–water partition coefficient (Wildman–Crippen LogP) is 8.66. The van der Waals surface area contributed by atoms with E-state index in [4.69, 9.17) is 44.5 Å². The van der Waals surface area contributed by atoms with Gasteiger partial charge in [-0.3, -0.25) is 14.7 Å². The summed E-state index contributed by atoms with van der Waals surface area (Å²) in [4.78, 5) is 19.4. The summed E-state index contributed by atoms with van der Waals surface area (Å²) in [5, 5.41) is 0.135. The lowest BCUT2D eigenvalue weighted by Crippen LogP contribution is -2.53. The summed E-state index contributed by atoms with van der Waals surface area (Å²) in [6.07, 6.45) is -4.58. The fourth-order valence-corrected chi connectivity index (χ4v) is 5.20. The van der Waals surface area contributed by atoms with Crippen molar-refractivity contribution in [2.45, 2.75) is 38.0 Å². The Hall–Kier alpha value is -2.74. The van der Waals surface area contributed by atoms with Crippen LogP contribution in [0.3, 0.4) is 0 Å². The molecule has 0 saturated heterocycles. The van der Waals surface area contributed by atoms with Crippen LogP contribution in [0.15, 0.2) is 71.7 Å². The van der Waals surface area contributed by atoms with Crippen LogP contribution in [0.2, 0.25) is 10.0 Å². The monoisotopic (exact) mass is 568 g/mol. The van der Waals surface area contributed by atoms with Gasteiger partial charge in [0.05, 0.1) is 17.7 Å². The number of benzene rings is 3. The minimum absolute atomic E-state index is 0.0715. The van der Waals surface area contributed by atoms with E-state index < -0.39 is 28.2 Å². The van der Waals surface area contributed by atoms with Gasteiger partial charge < -0.3 is 4.74 Å². The molecule has 1 aliphatic rings. The third-order valence-corrected chi connectivity index (χ3v) is 7.45. The normalized spacial score (nSPS) is 21.6. The van der Waals surface area contributed by atoms with E-state index in [1.165, 1.54) is 11.0 Å². The molecule has 194 valence electrons. The smallest absolute Gasteiger partial charge is 0.416 e. The van der Waals surface area contributed by atoms with Gasteiger partial charge in [0.15, 0.2) is 0 Å². The van der Waals surface area contributed by atoms with Gasteiger partial charge in [-0.2, -0.15) is 13.2 Å². The third-order valence-electron chi connectivity index (χ3n) is 6.77. The topological polar surface area (TPSA) is 41.9 Å². The van der Waals surface area contributed by atoms with Gasteiger partial charge in [-0.1, -0.05) is 47.5 Å². The average Bonchev–Trinajstić information content (AvgIpc) is 3.08. The molecule has 3 aromatic carbocycles. The molecule has 0 saturated carbocycles. The summed E-state index contributed by atoms with van der Waals surface area (Å²) in [6, 6.07) is 16.9.